The molecule has 0 heterocycles. The third-order valence-corrected chi connectivity index (χ3v) is 4.10. The summed E-state index contributed by atoms with van der Waals surface area (Å²) >= 11 is 0. The van der Waals surface area contributed by atoms with Crippen LogP contribution in [-0.4, -0.2) is 34.7 Å². The SMILES string of the molecule is CCCN(CC(=O)Nc1ccc(F)c(F)c1F)C(=O)c1cc([N+](=O)[O-])cc(C)c1F. The Balaban J connectivity index is 2.28. The molecule has 11 heteroatoms. The number of hydrogen-bond donors (Lipinski definition) is 1. The summed E-state index contributed by atoms with van der Waals surface area (Å²) in [5.74, 6) is -7.74. The van der Waals surface area contributed by atoms with Crippen molar-refractivity contribution in [1.82, 2.24) is 4.90 Å². The molecule has 0 fully saturated rings. The number of hydrogen-bond acceptors (Lipinski definition) is 4. The lowest BCUT2D eigenvalue weighted by atomic mass is 10.1. The molecule has 2 aromatic carbocycles. The minimum Gasteiger partial charge on any atom is -0.329 e. The predicted molar refractivity (Wildman–Crippen MR) is 98.9 cm³/mol. The number of rotatable bonds is 7. The first-order chi connectivity index (χ1) is 14.1. The number of nitrogens with one attached hydrogen (secondary N) is 1. The Labute approximate surface area is 168 Å². The van der Waals surface area contributed by atoms with E-state index >= 15 is 0 Å². The van der Waals surface area contributed by atoms with E-state index in [1.165, 1.54) is 6.92 Å². The van der Waals surface area contributed by atoms with Crippen molar-refractivity contribution >= 4 is 23.2 Å². The second-order valence-corrected chi connectivity index (χ2v) is 6.38. The number of carbonyl (C=O) groups excluding carboxylic acids is 2. The van der Waals surface area contributed by atoms with Crippen LogP contribution < -0.4 is 5.32 Å². The number of anilines is 1. The molecule has 0 unspecified atom stereocenters. The summed E-state index contributed by atoms with van der Waals surface area (Å²) in [4.78, 5) is 36.1. The van der Waals surface area contributed by atoms with Crippen molar-refractivity contribution in [2.24, 2.45) is 0 Å². The Morgan fingerprint density at radius 3 is 2.37 bits per heavy atom. The highest BCUT2D eigenvalue weighted by Gasteiger charge is 2.25. The molecule has 2 rings (SSSR count). The van der Waals surface area contributed by atoms with Gasteiger partial charge in [0, 0.05) is 18.7 Å². The summed E-state index contributed by atoms with van der Waals surface area (Å²) in [5.41, 5.74) is -1.86. The van der Waals surface area contributed by atoms with E-state index in [0.29, 0.717) is 12.5 Å². The molecule has 0 saturated heterocycles. The summed E-state index contributed by atoms with van der Waals surface area (Å²) < 4.78 is 54.4. The molecule has 0 aliphatic rings. The van der Waals surface area contributed by atoms with Gasteiger partial charge < -0.3 is 10.2 Å². The molecule has 2 aromatic rings. The molecular weight excluding hydrogens is 410 g/mol. The number of carbonyl (C=O) groups is 2. The molecule has 0 radical (unpaired) electrons. The van der Waals surface area contributed by atoms with Gasteiger partial charge in [-0.2, -0.15) is 0 Å². The lowest BCUT2D eigenvalue weighted by Gasteiger charge is -2.22. The Morgan fingerprint density at radius 1 is 1.10 bits per heavy atom. The fraction of sp³-hybridized carbons (Fsp3) is 0.263. The maximum Gasteiger partial charge on any atom is 0.270 e. The monoisotopic (exact) mass is 427 g/mol. The zero-order chi connectivity index (χ0) is 22.6. The van der Waals surface area contributed by atoms with Crippen LogP contribution in [0.25, 0.3) is 0 Å². The van der Waals surface area contributed by atoms with Crippen LogP contribution in [0.2, 0.25) is 0 Å². The van der Waals surface area contributed by atoms with E-state index < -0.39 is 63.5 Å². The average molecular weight is 427 g/mol. The number of nitro groups is 1. The molecule has 7 nitrogen and oxygen atoms in total. The van der Waals surface area contributed by atoms with Gasteiger partial charge in [-0.3, -0.25) is 19.7 Å². The number of aryl methyl sites for hydroxylation is 1. The molecule has 0 bridgehead atoms. The molecule has 0 aliphatic heterocycles. The highest BCUT2D eigenvalue weighted by Crippen LogP contribution is 2.23. The fourth-order valence-corrected chi connectivity index (χ4v) is 2.69. The van der Waals surface area contributed by atoms with E-state index in [1.54, 1.807) is 6.92 Å². The summed E-state index contributed by atoms with van der Waals surface area (Å²) in [6, 6.07) is 3.15. The number of amides is 2. The third-order valence-electron chi connectivity index (χ3n) is 4.10. The van der Waals surface area contributed by atoms with Gasteiger partial charge in [-0.1, -0.05) is 6.92 Å². The zero-order valence-corrected chi connectivity index (χ0v) is 16.0. The van der Waals surface area contributed by atoms with Gasteiger partial charge in [0.1, 0.15) is 12.4 Å². The lowest BCUT2D eigenvalue weighted by molar-refractivity contribution is -0.385. The summed E-state index contributed by atoms with van der Waals surface area (Å²) in [5, 5.41) is 13.0. The topological polar surface area (TPSA) is 92.6 Å². The Bertz CT molecular complexity index is 1010. The van der Waals surface area contributed by atoms with Crippen LogP contribution in [0.3, 0.4) is 0 Å². The van der Waals surface area contributed by atoms with Crippen LogP contribution in [-0.2, 0) is 4.79 Å². The Kier molecular flexibility index (Phi) is 7.09. The summed E-state index contributed by atoms with van der Waals surface area (Å²) in [7, 11) is 0. The van der Waals surface area contributed by atoms with Crippen molar-refractivity contribution in [3.05, 3.63) is 68.8 Å². The average Bonchev–Trinajstić information content (AvgIpc) is 2.69. The van der Waals surface area contributed by atoms with Gasteiger partial charge in [0.25, 0.3) is 11.6 Å². The zero-order valence-electron chi connectivity index (χ0n) is 16.0. The van der Waals surface area contributed by atoms with E-state index in [4.69, 9.17) is 0 Å². The molecular formula is C19H17F4N3O4. The lowest BCUT2D eigenvalue weighted by Crippen LogP contribution is -2.39. The van der Waals surface area contributed by atoms with Crippen LogP contribution in [0.1, 0.15) is 29.3 Å². The van der Waals surface area contributed by atoms with Crippen molar-refractivity contribution in [3.8, 4) is 0 Å². The number of nitro benzene ring substituents is 1. The highest BCUT2D eigenvalue weighted by molar-refractivity contribution is 6.00. The number of benzene rings is 2. The van der Waals surface area contributed by atoms with Crippen LogP contribution in [0.15, 0.2) is 24.3 Å². The highest BCUT2D eigenvalue weighted by atomic mass is 19.2. The quantitative estimate of drug-likeness (QED) is 0.313. The van der Waals surface area contributed by atoms with E-state index in [2.05, 4.69) is 0 Å². The van der Waals surface area contributed by atoms with Crippen LogP contribution in [0.4, 0.5) is 28.9 Å². The fourth-order valence-electron chi connectivity index (χ4n) is 2.69. The predicted octanol–water partition coefficient (Wildman–Crippen LogP) is 3.95. The van der Waals surface area contributed by atoms with Gasteiger partial charge in [-0.05, 0) is 31.0 Å². The van der Waals surface area contributed by atoms with Crippen LogP contribution in [0.5, 0.6) is 0 Å². The first-order valence-corrected chi connectivity index (χ1v) is 8.74. The minimum atomic E-state index is -1.77. The molecule has 160 valence electrons. The maximum absolute atomic E-state index is 14.4. The van der Waals surface area contributed by atoms with E-state index in [0.717, 1.165) is 23.1 Å². The van der Waals surface area contributed by atoms with Crippen molar-refractivity contribution in [1.29, 1.82) is 0 Å². The standard InChI is InChI=1S/C19H17F4N3O4/c1-3-6-25(9-15(27)24-14-5-4-13(20)17(22)18(14)23)19(28)12-8-11(26(29)30)7-10(2)16(12)21/h4-5,7-8H,3,6,9H2,1-2H3,(H,24,27). The van der Waals surface area contributed by atoms with E-state index in [1.807, 2.05) is 5.32 Å². The van der Waals surface area contributed by atoms with Crippen LogP contribution >= 0.6 is 0 Å². The first kappa shape index (κ1) is 22.8. The largest absolute Gasteiger partial charge is 0.329 e. The normalized spacial score (nSPS) is 10.6. The molecule has 1 N–H and O–H groups in total. The van der Waals surface area contributed by atoms with Crippen molar-refractivity contribution in [3.63, 3.8) is 0 Å². The molecule has 30 heavy (non-hydrogen) atoms. The summed E-state index contributed by atoms with van der Waals surface area (Å²) in [6.07, 6.45) is 0.355. The number of non-ortho nitro benzene ring substituents is 1. The van der Waals surface area contributed by atoms with E-state index in [-0.39, 0.29) is 12.1 Å². The molecule has 0 atom stereocenters. The second kappa shape index (κ2) is 9.33. The van der Waals surface area contributed by atoms with Crippen molar-refractivity contribution in [2.45, 2.75) is 20.3 Å². The van der Waals surface area contributed by atoms with E-state index in [9.17, 15) is 37.3 Å². The van der Waals surface area contributed by atoms with Gasteiger partial charge in [0.2, 0.25) is 5.91 Å². The van der Waals surface area contributed by atoms with Gasteiger partial charge in [0.15, 0.2) is 17.5 Å². The Hall–Kier alpha value is -3.50. The number of halogens is 4. The van der Waals surface area contributed by atoms with Crippen molar-refractivity contribution in [2.75, 3.05) is 18.4 Å². The third kappa shape index (κ3) is 4.91. The second-order valence-electron chi connectivity index (χ2n) is 6.38. The maximum atomic E-state index is 14.4. The molecule has 0 aliphatic carbocycles. The van der Waals surface area contributed by atoms with Crippen molar-refractivity contribution < 1.29 is 32.1 Å². The smallest absolute Gasteiger partial charge is 0.270 e. The first-order valence-electron chi connectivity index (χ1n) is 8.74. The van der Waals surface area contributed by atoms with Gasteiger partial charge in [-0.25, -0.2) is 17.6 Å². The van der Waals surface area contributed by atoms with Gasteiger partial charge in [-0.15, -0.1) is 0 Å². The molecule has 0 saturated carbocycles. The summed E-state index contributed by atoms with van der Waals surface area (Å²) in [6.45, 7) is 2.23. The molecule has 0 spiro atoms. The Morgan fingerprint density at radius 2 is 1.77 bits per heavy atom. The minimum absolute atomic E-state index is 0.0201. The van der Waals surface area contributed by atoms with Crippen LogP contribution in [0, 0.1) is 40.3 Å². The molecule has 0 aromatic heterocycles. The van der Waals surface area contributed by atoms with Gasteiger partial charge in [0.05, 0.1) is 16.2 Å². The molecule has 2 amide bonds. The van der Waals surface area contributed by atoms with Gasteiger partial charge >= 0.3 is 0 Å². The number of nitrogens with zero attached hydrogens (tertiary/aromatic N) is 2.